The summed E-state index contributed by atoms with van der Waals surface area (Å²) < 4.78 is 5.61. The van der Waals surface area contributed by atoms with Crippen molar-refractivity contribution in [3.05, 3.63) is 11.1 Å². The molecule has 2 rings (SSSR count). The Balaban J connectivity index is 1.67. The van der Waals surface area contributed by atoms with Gasteiger partial charge in [0.2, 0.25) is 0 Å². The van der Waals surface area contributed by atoms with Crippen molar-refractivity contribution >= 4 is 16.5 Å². The lowest BCUT2D eigenvalue weighted by molar-refractivity contribution is 0.0871. The van der Waals surface area contributed by atoms with Crippen LogP contribution in [0.5, 0.6) is 0 Å². The summed E-state index contributed by atoms with van der Waals surface area (Å²) in [5, 5.41) is 2.59. The monoisotopic (exact) mass is 212 g/mol. The van der Waals surface area contributed by atoms with Crippen LogP contribution in [0.2, 0.25) is 0 Å². The van der Waals surface area contributed by atoms with E-state index in [2.05, 4.69) is 4.98 Å². The van der Waals surface area contributed by atoms with Crippen molar-refractivity contribution in [3.63, 3.8) is 0 Å². The number of rotatable bonds is 4. The van der Waals surface area contributed by atoms with Crippen LogP contribution >= 0.6 is 11.3 Å². The molecule has 1 saturated carbocycles. The van der Waals surface area contributed by atoms with E-state index in [-0.39, 0.29) is 0 Å². The summed E-state index contributed by atoms with van der Waals surface area (Å²) in [4.78, 5) is 4.15. The largest absolute Gasteiger partial charge is 0.375 e. The Morgan fingerprint density at radius 3 is 2.93 bits per heavy atom. The first-order chi connectivity index (χ1) is 6.84. The quantitative estimate of drug-likeness (QED) is 0.834. The molecule has 0 unspecified atom stereocenters. The molecule has 0 atom stereocenters. The van der Waals surface area contributed by atoms with Crippen molar-refractivity contribution in [2.75, 3.05) is 12.3 Å². The lowest BCUT2D eigenvalue weighted by Crippen LogP contribution is -2.05. The van der Waals surface area contributed by atoms with Gasteiger partial charge in [-0.15, -0.1) is 11.3 Å². The molecule has 0 spiro atoms. The van der Waals surface area contributed by atoms with E-state index in [9.17, 15) is 0 Å². The second-order valence-electron chi connectivity index (χ2n) is 3.84. The highest BCUT2D eigenvalue weighted by atomic mass is 32.1. The molecular formula is C10H16N2OS. The van der Waals surface area contributed by atoms with Crippen LogP contribution in [0.4, 0.5) is 5.13 Å². The van der Waals surface area contributed by atoms with Gasteiger partial charge in [-0.1, -0.05) is 12.8 Å². The molecule has 1 aliphatic carbocycles. The summed E-state index contributed by atoms with van der Waals surface area (Å²) in [6.45, 7) is 1.50. The van der Waals surface area contributed by atoms with Crippen LogP contribution in [-0.4, -0.2) is 11.6 Å². The van der Waals surface area contributed by atoms with Crippen molar-refractivity contribution in [2.45, 2.75) is 32.3 Å². The molecule has 0 bridgehead atoms. The molecule has 1 aliphatic rings. The zero-order valence-corrected chi connectivity index (χ0v) is 9.05. The van der Waals surface area contributed by atoms with Gasteiger partial charge in [0, 0.05) is 12.0 Å². The van der Waals surface area contributed by atoms with Gasteiger partial charge >= 0.3 is 0 Å². The van der Waals surface area contributed by atoms with Crippen LogP contribution in [0.1, 0.15) is 31.4 Å². The minimum Gasteiger partial charge on any atom is -0.375 e. The fourth-order valence-electron chi connectivity index (χ4n) is 1.90. The minimum atomic E-state index is 0.615. The Morgan fingerprint density at radius 1 is 1.50 bits per heavy atom. The average molecular weight is 212 g/mol. The SMILES string of the molecule is Nc1nc(COCC2CCCC2)cs1. The maximum atomic E-state index is 5.61. The molecule has 3 nitrogen and oxygen atoms in total. The fourth-order valence-corrected chi connectivity index (χ4v) is 2.44. The normalized spacial score (nSPS) is 17.7. The maximum absolute atomic E-state index is 5.61. The van der Waals surface area contributed by atoms with E-state index in [4.69, 9.17) is 10.5 Å². The van der Waals surface area contributed by atoms with Crippen molar-refractivity contribution in [3.8, 4) is 0 Å². The summed E-state index contributed by atoms with van der Waals surface area (Å²) in [6, 6.07) is 0. The highest BCUT2D eigenvalue weighted by Gasteiger charge is 2.14. The fraction of sp³-hybridized carbons (Fsp3) is 0.700. The number of anilines is 1. The number of hydrogen-bond donors (Lipinski definition) is 1. The van der Waals surface area contributed by atoms with Gasteiger partial charge in [0.1, 0.15) is 0 Å². The second kappa shape index (κ2) is 4.75. The van der Waals surface area contributed by atoms with Crippen LogP contribution in [0.3, 0.4) is 0 Å². The Labute approximate surface area is 88.3 Å². The van der Waals surface area contributed by atoms with E-state index in [1.165, 1.54) is 37.0 Å². The zero-order valence-electron chi connectivity index (χ0n) is 8.24. The molecule has 1 aromatic rings. The first kappa shape index (κ1) is 9.93. The Bertz CT molecular complexity index is 281. The molecule has 0 aliphatic heterocycles. The van der Waals surface area contributed by atoms with Gasteiger partial charge in [-0.2, -0.15) is 0 Å². The van der Waals surface area contributed by atoms with E-state index in [1.54, 1.807) is 0 Å². The highest BCUT2D eigenvalue weighted by Crippen LogP contribution is 2.25. The number of thiazole rings is 1. The van der Waals surface area contributed by atoms with E-state index in [1.807, 2.05) is 5.38 Å². The number of nitrogens with zero attached hydrogens (tertiary/aromatic N) is 1. The number of nitrogens with two attached hydrogens (primary N) is 1. The Morgan fingerprint density at radius 2 is 2.29 bits per heavy atom. The smallest absolute Gasteiger partial charge is 0.180 e. The first-order valence-electron chi connectivity index (χ1n) is 5.12. The van der Waals surface area contributed by atoms with Gasteiger partial charge < -0.3 is 10.5 Å². The summed E-state index contributed by atoms with van der Waals surface area (Å²) in [5.74, 6) is 0.783. The molecule has 0 saturated heterocycles. The minimum absolute atomic E-state index is 0.615. The van der Waals surface area contributed by atoms with Crippen molar-refractivity contribution in [2.24, 2.45) is 5.92 Å². The Hall–Kier alpha value is -0.610. The average Bonchev–Trinajstić information content (AvgIpc) is 2.77. The third kappa shape index (κ3) is 2.69. The van der Waals surface area contributed by atoms with Gasteiger partial charge in [0.25, 0.3) is 0 Å². The molecule has 4 heteroatoms. The zero-order chi connectivity index (χ0) is 9.80. The number of hydrogen-bond acceptors (Lipinski definition) is 4. The molecule has 2 N–H and O–H groups in total. The standard InChI is InChI=1S/C10H16N2OS/c11-10-12-9(7-14-10)6-13-5-8-3-1-2-4-8/h7-8H,1-6H2,(H2,11,12). The van der Waals surface area contributed by atoms with Crippen LogP contribution in [-0.2, 0) is 11.3 Å². The van der Waals surface area contributed by atoms with Crippen molar-refractivity contribution in [1.82, 2.24) is 4.98 Å². The number of nitrogen functional groups attached to an aromatic ring is 1. The van der Waals surface area contributed by atoms with E-state index < -0.39 is 0 Å². The topological polar surface area (TPSA) is 48.1 Å². The molecular weight excluding hydrogens is 196 g/mol. The van der Waals surface area contributed by atoms with Gasteiger partial charge in [0.15, 0.2) is 5.13 Å². The van der Waals surface area contributed by atoms with Crippen LogP contribution in [0.15, 0.2) is 5.38 Å². The van der Waals surface area contributed by atoms with Gasteiger partial charge in [-0.3, -0.25) is 0 Å². The predicted octanol–water partition coefficient (Wildman–Crippen LogP) is 2.43. The van der Waals surface area contributed by atoms with Crippen LogP contribution < -0.4 is 5.73 Å². The molecule has 1 aromatic heterocycles. The van der Waals surface area contributed by atoms with Gasteiger partial charge in [-0.25, -0.2) is 4.98 Å². The number of aromatic nitrogens is 1. The highest BCUT2D eigenvalue weighted by molar-refractivity contribution is 7.13. The lowest BCUT2D eigenvalue weighted by atomic mass is 10.1. The third-order valence-corrected chi connectivity index (χ3v) is 3.37. The van der Waals surface area contributed by atoms with Crippen LogP contribution in [0, 0.1) is 5.92 Å². The van der Waals surface area contributed by atoms with Gasteiger partial charge in [0.05, 0.1) is 12.3 Å². The summed E-state index contributed by atoms with van der Waals surface area (Å²) in [7, 11) is 0. The molecule has 14 heavy (non-hydrogen) atoms. The predicted molar refractivity (Wildman–Crippen MR) is 58.1 cm³/mol. The number of ether oxygens (including phenoxy) is 1. The molecule has 0 aromatic carbocycles. The van der Waals surface area contributed by atoms with E-state index in [0.29, 0.717) is 11.7 Å². The molecule has 0 radical (unpaired) electrons. The summed E-state index contributed by atoms with van der Waals surface area (Å²) in [6.07, 6.45) is 5.41. The Kier molecular flexibility index (Phi) is 3.37. The van der Waals surface area contributed by atoms with Gasteiger partial charge in [-0.05, 0) is 18.8 Å². The molecule has 1 fully saturated rings. The summed E-state index contributed by atoms with van der Waals surface area (Å²) >= 11 is 1.47. The molecule has 0 amide bonds. The van der Waals surface area contributed by atoms with E-state index in [0.717, 1.165) is 18.2 Å². The van der Waals surface area contributed by atoms with Crippen molar-refractivity contribution in [1.29, 1.82) is 0 Å². The second-order valence-corrected chi connectivity index (χ2v) is 4.73. The molecule has 78 valence electrons. The summed E-state index contributed by atoms with van der Waals surface area (Å²) in [5.41, 5.74) is 6.49. The van der Waals surface area contributed by atoms with Crippen LogP contribution in [0.25, 0.3) is 0 Å². The van der Waals surface area contributed by atoms with Crippen molar-refractivity contribution < 1.29 is 4.74 Å². The first-order valence-corrected chi connectivity index (χ1v) is 6.00. The third-order valence-electron chi connectivity index (χ3n) is 2.65. The maximum Gasteiger partial charge on any atom is 0.180 e. The molecule has 1 heterocycles. The lowest BCUT2D eigenvalue weighted by Gasteiger charge is -2.08. The van der Waals surface area contributed by atoms with E-state index >= 15 is 0 Å².